The van der Waals surface area contributed by atoms with Crippen LogP contribution in [0, 0.1) is 20.8 Å². The molecule has 0 atom stereocenters. The van der Waals surface area contributed by atoms with E-state index < -0.39 is 5.91 Å². The maximum atomic E-state index is 13.0. The lowest BCUT2D eigenvalue weighted by Gasteiger charge is -2.13. The second kappa shape index (κ2) is 9.42. The van der Waals surface area contributed by atoms with Gasteiger partial charge in [0.05, 0.1) is 0 Å². The van der Waals surface area contributed by atoms with Crippen LogP contribution in [0.5, 0.6) is 0 Å². The third-order valence-electron chi connectivity index (χ3n) is 4.64. The number of aryl methyl sites for hydroxylation is 3. The molecule has 5 heteroatoms. The van der Waals surface area contributed by atoms with Crippen LogP contribution in [0.3, 0.4) is 0 Å². The Hall–Kier alpha value is -3.37. The Morgan fingerprint density at radius 2 is 1.53 bits per heavy atom. The van der Waals surface area contributed by atoms with Crippen molar-refractivity contribution in [1.82, 2.24) is 5.32 Å². The molecule has 0 aliphatic carbocycles. The maximum absolute atomic E-state index is 13.0. The van der Waals surface area contributed by atoms with Gasteiger partial charge >= 0.3 is 0 Å². The van der Waals surface area contributed by atoms with Crippen molar-refractivity contribution in [2.24, 2.45) is 0 Å². The van der Waals surface area contributed by atoms with E-state index in [0.29, 0.717) is 21.8 Å². The number of amides is 2. The van der Waals surface area contributed by atoms with Crippen LogP contribution >= 0.6 is 11.6 Å². The summed E-state index contributed by atoms with van der Waals surface area (Å²) in [5.74, 6) is -0.800. The molecule has 0 aliphatic heterocycles. The van der Waals surface area contributed by atoms with Gasteiger partial charge in [0.2, 0.25) is 0 Å². The van der Waals surface area contributed by atoms with E-state index in [1.165, 1.54) is 0 Å². The summed E-state index contributed by atoms with van der Waals surface area (Å²) in [4.78, 5) is 25.8. The number of hydrogen-bond acceptors (Lipinski definition) is 2. The van der Waals surface area contributed by atoms with Crippen molar-refractivity contribution < 1.29 is 9.59 Å². The van der Waals surface area contributed by atoms with Gasteiger partial charge in [-0.15, -0.1) is 0 Å². The first kappa shape index (κ1) is 21.3. The van der Waals surface area contributed by atoms with Crippen molar-refractivity contribution in [1.29, 1.82) is 0 Å². The second-order valence-corrected chi connectivity index (χ2v) is 7.58. The summed E-state index contributed by atoms with van der Waals surface area (Å²) < 4.78 is 0. The first-order valence-electron chi connectivity index (χ1n) is 9.56. The van der Waals surface area contributed by atoms with Crippen molar-refractivity contribution in [3.8, 4) is 0 Å². The van der Waals surface area contributed by atoms with Crippen molar-refractivity contribution in [3.63, 3.8) is 0 Å². The number of benzene rings is 3. The number of anilines is 1. The van der Waals surface area contributed by atoms with E-state index >= 15 is 0 Å². The van der Waals surface area contributed by atoms with Gasteiger partial charge in [0.15, 0.2) is 0 Å². The van der Waals surface area contributed by atoms with E-state index in [4.69, 9.17) is 11.6 Å². The smallest absolute Gasteiger partial charge is 0.272 e. The Morgan fingerprint density at radius 3 is 2.20 bits per heavy atom. The number of halogens is 1. The lowest BCUT2D eigenvalue weighted by molar-refractivity contribution is -0.113. The Morgan fingerprint density at radius 1 is 0.867 bits per heavy atom. The summed E-state index contributed by atoms with van der Waals surface area (Å²) >= 11 is 6.26. The SMILES string of the molecule is Cc1ccc(C(=O)N/C(=C/c2ccccc2Cl)C(=O)Nc2ccc(C)cc2C)cc1. The molecule has 0 radical (unpaired) electrons. The monoisotopic (exact) mass is 418 g/mol. The largest absolute Gasteiger partial charge is 0.320 e. The van der Waals surface area contributed by atoms with E-state index in [2.05, 4.69) is 10.6 Å². The molecule has 3 aromatic rings. The van der Waals surface area contributed by atoms with E-state index in [1.807, 2.05) is 57.2 Å². The van der Waals surface area contributed by atoms with E-state index in [0.717, 1.165) is 16.7 Å². The maximum Gasteiger partial charge on any atom is 0.272 e. The number of hydrogen-bond donors (Lipinski definition) is 2. The fourth-order valence-corrected chi connectivity index (χ4v) is 3.14. The predicted molar refractivity (Wildman–Crippen MR) is 123 cm³/mol. The molecular weight excluding hydrogens is 396 g/mol. The van der Waals surface area contributed by atoms with Gasteiger partial charge in [-0.2, -0.15) is 0 Å². The number of rotatable bonds is 5. The fourth-order valence-electron chi connectivity index (χ4n) is 2.95. The minimum atomic E-state index is -0.428. The molecule has 0 aliphatic rings. The van der Waals surface area contributed by atoms with Gasteiger partial charge in [-0.05, 0) is 62.2 Å². The molecule has 0 spiro atoms. The van der Waals surface area contributed by atoms with Gasteiger partial charge in [0.1, 0.15) is 5.70 Å². The molecule has 0 saturated carbocycles. The van der Waals surface area contributed by atoms with Gasteiger partial charge in [-0.3, -0.25) is 9.59 Å². The summed E-state index contributed by atoms with van der Waals surface area (Å²) in [5.41, 5.74) is 4.97. The summed E-state index contributed by atoms with van der Waals surface area (Å²) in [5, 5.41) is 6.09. The molecule has 152 valence electrons. The van der Waals surface area contributed by atoms with Gasteiger partial charge in [0, 0.05) is 16.3 Å². The predicted octanol–water partition coefficient (Wildman–Crippen LogP) is 5.67. The lowest BCUT2D eigenvalue weighted by atomic mass is 10.1. The standard InChI is InChI=1S/C25H23ClN2O2/c1-16-8-11-19(12-9-16)24(29)28-23(15-20-6-4-5-7-21(20)26)25(30)27-22-13-10-17(2)14-18(22)3/h4-15H,1-3H3,(H,27,30)(H,28,29)/b23-15+. The van der Waals surface area contributed by atoms with Gasteiger partial charge < -0.3 is 10.6 Å². The highest BCUT2D eigenvalue weighted by molar-refractivity contribution is 6.32. The molecular formula is C25H23ClN2O2. The topological polar surface area (TPSA) is 58.2 Å². The summed E-state index contributed by atoms with van der Waals surface area (Å²) in [6.07, 6.45) is 1.58. The molecule has 4 nitrogen and oxygen atoms in total. The second-order valence-electron chi connectivity index (χ2n) is 7.17. The Balaban J connectivity index is 1.92. The van der Waals surface area contributed by atoms with Crippen LogP contribution in [0.1, 0.15) is 32.6 Å². The van der Waals surface area contributed by atoms with Crippen LogP contribution < -0.4 is 10.6 Å². The zero-order valence-corrected chi connectivity index (χ0v) is 17.9. The highest BCUT2D eigenvalue weighted by atomic mass is 35.5. The Bertz CT molecular complexity index is 1120. The molecule has 3 rings (SSSR count). The highest BCUT2D eigenvalue weighted by Gasteiger charge is 2.16. The van der Waals surface area contributed by atoms with Gasteiger partial charge in [0.25, 0.3) is 11.8 Å². The zero-order valence-electron chi connectivity index (χ0n) is 17.1. The van der Waals surface area contributed by atoms with Crippen LogP contribution in [0.2, 0.25) is 5.02 Å². The van der Waals surface area contributed by atoms with Crippen molar-refractivity contribution >= 4 is 35.2 Å². The van der Waals surface area contributed by atoms with Crippen molar-refractivity contribution in [2.45, 2.75) is 20.8 Å². The first-order chi connectivity index (χ1) is 14.3. The quantitative estimate of drug-likeness (QED) is 0.524. The van der Waals surface area contributed by atoms with E-state index in [9.17, 15) is 9.59 Å². The average molecular weight is 419 g/mol. The van der Waals surface area contributed by atoms with E-state index in [-0.39, 0.29) is 11.6 Å². The summed E-state index contributed by atoms with van der Waals surface area (Å²) in [7, 11) is 0. The van der Waals surface area contributed by atoms with Crippen molar-refractivity contribution in [2.75, 3.05) is 5.32 Å². The molecule has 0 unspecified atom stereocenters. The minimum Gasteiger partial charge on any atom is -0.320 e. The summed E-state index contributed by atoms with van der Waals surface area (Å²) in [6, 6.07) is 20.0. The molecule has 2 amide bonds. The van der Waals surface area contributed by atoms with Gasteiger partial charge in [-0.1, -0.05) is 65.2 Å². The normalized spacial score (nSPS) is 11.1. The summed E-state index contributed by atoms with van der Waals surface area (Å²) in [6.45, 7) is 5.86. The van der Waals surface area contributed by atoms with Crippen LogP contribution in [0.4, 0.5) is 5.69 Å². The number of carbonyl (C=O) groups is 2. The molecule has 0 fully saturated rings. The van der Waals surface area contributed by atoms with Crippen LogP contribution in [-0.2, 0) is 4.79 Å². The lowest BCUT2D eigenvalue weighted by Crippen LogP contribution is -2.31. The Labute approximate surface area is 181 Å². The zero-order chi connectivity index (χ0) is 21.7. The molecule has 0 saturated heterocycles. The first-order valence-corrected chi connectivity index (χ1v) is 9.94. The molecule has 0 bridgehead atoms. The molecule has 3 aromatic carbocycles. The number of nitrogens with one attached hydrogen (secondary N) is 2. The molecule has 2 N–H and O–H groups in total. The van der Waals surface area contributed by atoms with Crippen LogP contribution in [-0.4, -0.2) is 11.8 Å². The highest BCUT2D eigenvalue weighted by Crippen LogP contribution is 2.20. The third kappa shape index (κ3) is 5.37. The third-order valence-corrected chi connectivity index (χ3v) is 4.99. The van der Waals surface area contributed by atoms with Crippen LogP contribution in [0.15, 0.2) is 72.4 Å². The minimum absolute atomic E-state index is 0.105. The van der Waals surface area contributed by atoms with E-state index in [1.54, 1.807) is 36.4 Å². The van der Waals surface area contributed by atoms with Gasteiger partial charge in [-0.25, -0.2) is 0 Å². The molecule has 0 heterocycles. The van der Waals surface area contributed by atoms with Crippen LogP contribution in [0.25, 0.3) is 6.08 Å². The Kier molecular flexibility index (Phi) is 6.70. The fraction of sp³-hybridized carbons (Fsp3) is 0.120. The van der Waals surface area contributed by atoms with Crippen molar-refractivity contribution in [3.05, 3.63) is 105 Å². The average Bonchev–Trinajstić information content (AvgIpc) is 2.71. The molecule has 30 heavy (non-hydrogen) atoms. The molecule has 0 aromatic heterocycles. The number of carbonyl (C=O) groups excluding carboxylic acids is 2.